The molecule has 3 aromatic rings. The molecule has 0 spiro atoms. The van der Waals surface area contributed by atoms with Crippen LogP contribution in [0.15, 0.2) is 63.1 Å². The van der Waals surface area contributed by atoms with Crippen LogP contribution in [0, 0.1) is 5.82 Å². The second-order valence-corrected chi connectivity index (χ2v) is 12.0. The molecule has 0 saturated carbocycles. The predicted octanol–water partition coefficient (Wildman–Crippen LogP) is 2.84. The summed E-state index contributed by atoms with van der Waals surface area (Å²) in [6.45, 7) is 4.77. The SMILES string of the molecule is COc1ccc(CN(c2scnc2C(=O)OC(C)(C)C)S(=O)(=O)c2ccc(NC(=O)/C=N/N=C(N)N)c(F)c2)cc1. The fraction of sp³-hybridized carbons (Fsp3) is 0.240. The van der Waals surface area contributed by atoms with E-state index in [0.717, 1.165) is 33.8 Å². The van der Waals surface area contributed by atoms with E-state index >= 15 is 0 Å². The number of amides is 1. The van der Waals surface area contributed by atoms with Crippen LogP contribution in [-0.4, -0.2) is 50.2 Å². The summed E-state index contributed by atoms with van der Waals surface area (Å²) in [4.78, 5) is 28.5. The minimum atomic E-state index is -4.49. The molecule has 2 aromatic carbocycles. The van der Waals surface area contributed by atoms with Crippen LogP contribution < -0.4 is 25.8 Å². The number of halogens is 1. The van der Waals surface area contributed by atoms with Crippen LogP contribution in [0.5, 0.6) is 5.75 Å². The van der Waals surface area contributed by atoms with Gasteiger partial charge in [-0.25, -0.2) is 22.6 Å². The molecule has 0 saturated heterocycles. The molecule has 0 aliphatic heterocycles. The quantitative estimate of drug-likeness (QED) is 0.135. The molecular formula is C25H28FN7O6S2. The zero-order valence-corrected chi connectivity index (χ0v) is 24.1. The van der Waals surface area contributed by atoms with Gasteiger partial charge in [0, 0.05) is 0 Å². The zero-order chi connectivity index (χ0) is 30.4. The first-order valence-electron chi connectivity index (χ1n) is 11.8. The van der Waals surface area contributed by atoms with Gasteiger partial charge < -0.3 is 26.3 Å². The summed E-state index contributed by atoms with van der Waals surface area (Å²) >= 11 is 0.902. The number of rotatable bonds is 10. The number of aromatic nitrogens is 1. The van der Waals surface area contributed by atoms with Crippen LogP contribution in [0.1, 0.15) is 36.8 Å². The van der Waals surface area contributed by atoms with Gasteiger partial charge in [-0.15, -0.1) is 21.5 Å². The van der Waals surface area contributed by atoms with Gasteiger partial charge in [0.2, 0.25) is 5.96 Å². The number of guanidine groups is 1. The first-order valence-corrected chi connectivity index (χ1v) is 14.1. The predicted molar refractivity (Wildman–Crippen MR) is 153 cm³/mol. The monoisotopic (exact) mass is 605 g/mol. The Bertz CT molecular complexity index is 1580. The molecule has 41 heavy (non-hydrogen) atoms. The van der Waals surface area contributed by atoms with Gasteiger partial charge in [-0.2, -0.15) is 0 Å². The fourth-order valence-electron chi connectivity index (χ4n) is 3.24. The van der Waals surface area contributed by atoms with Crippen LogP contribution >= 0.6 is 11.3 Å². The van der Waals surface area contributed by atoms with Crippen molar-refractivity contribution in [3.05, 3.63) is 65.0 Å². The molecule has 0 aliphatic carbocycles. The van der Waals surface area contributed by atoms with Gasteiger partial charge in [0.25, 0.3) is 15.9 Å². The van der Waals surface area contributed by atoms with Crippen molar-refractivity contribution >= 4 is 56.1 Å². The largest absolute Gasteiger partial charge is 0.497 e. The van der Waals surface area contributed by atoms with E-state index in [1.54, 1.807) is 45.0 Å². The lowest BCUT2D eigenvalue weighted by Crippen LogP contribution is -2.32. The summed E-state index contributed by atoms with van der Waals surface area (Å²) in [6, 6.07) is 9.52. The Morgan fingerprint density at radius 3 is 2.44 bits per heavy atom. The van der Waals surface area contributed by atoms with E-state index in [9.17, 15) is 22.4 Å². The summed E-state index contributed by atoms with van der Waals surface area (Å²) < 4.78 is 54.4. The number of nitrogens with one attached hydrogen (secondary N) is 1. The maximum absolute atomic E-state index is 15.0. The number of esters is 1. The molecule has 0 unspecified atom stereocenters. The van der Waals surface area contributed by atoms with E-state index in [1.807, 2.05) is 0 Å². The lowest BCUT2D eigenvalue weighted by molar-refractivity contribution is -0.110. The van der Waals surface area contributed by atoms with Crippen LogP contribution in [0.3, 0.4) is 0 Å². The number of nitrogens with zero attached hydrogens (tertiary/aromatic N) is 4. The van der Waals surface area contributed by atoms with Crippen molar-refractivity contribution in [3.63, 3.8) is 0 Å². The summed E-state index contributed by atoms with van der Waals surface area (Å²) in [5.74, 6) is -2.56. The van der Waals surface area contributed by atoms with E-state index in [-0.39, 0.29) is 28.9 Å². The molecule has 1 heterocycles. The van der Waals surface area contributed by atoms with E-state index in [0.29, 0.717) is 17.5 Å². The lowest BCUT2D eigenvalue weighted by atomic mass is 10.2. The van der Waals surface area contributed by atoms with Gasteiger partial charge in [0.15, 0.2) is 5.69 Å². The molecule has 5 N–H and O–H groups in total. The fourth-order valence-corrected chi connectivity index (χ4v) is 5.73. The number of thiazole rings is 1. The average molecular weight is 606 g/mol. The molecule has 3 rings (SSSR count). The minimum Gasteiger partial charge on any atom is -0.497 e. The highest BCUT2D eigenvalue weighted by Gasteiger charge is 2.33. The molecule has 1 amide bonds. The maximum Gasteiger partial charge on any atom is 0.360 e. The Labute approximate surface area is 239 Å². The number of carbonyl (C=O) groups excluding carboxylic acids is 2. The summed E-state index contributed by atoms with van der Waals surface area (Å²) in [5.41, 5.74) is 10.7. The number of ether oxygens (including phenoxy) is 2. The normalized spacial score (nSPS) is 11.6. The molecule has 16 heteroatoms. The highest BCUT2D eigenvalue weighted by Crippen LogP contribution is 2.34. The molecule has 218 valence electrons. The van der Waals surface area contributed by atoms with E-state index in [4.69, 9.17) is 20.9 Å². The van der Waals surface area contributed by atoms with E-state index < -0.39 is 38.2 Å². The first-order chi connectivity index (χ1) is 19.2. The second kappa shape index (κ2) is 12.7. The van der Waals surface area contributed by atoms with Gasteiger partial charge in [-0.3, -0.25) is 9.10 Å². The second-order valence-electron chi connectivity index (χ2n) is 9.27. The Morgan fingerprint density at radius 2 is 1.85 bits per heavy atom. The lowest BCUT2D eigenvalue weighted by Gasteiger charge is -2.25. The molecule has 1 aromatic heterocycles. The van der Waals surface area contributed by atoms with Crippen molar-refractivity contribution < 1.29 is 31.9 Å². The Morgan fingerprint density at radius 1 is 1.17 bits per heavy atom. The first kappa shape index (κ1) is 31.0. The number of sulfonamides is 1. The van der Waals surface area contributed by atoms with Crippen molar-refractivity contribution in [2.24, 2.45) is 21.7 Å². The van der Waals surface area contributed by atoms with Crippen molar-refractivity contribution in [2.75, 3.05) is 16.7 Å². The number of benzene rings is 2. The Balaban J connectivity index is 2.02. The molecule has 0 bridgehead atoms. The van der Waals surface area contributed by atoms with E-state index in [1.165, 1.54) is 12.6 Å². The average Bonchev–Trinajstić information content (AvgIpc) is 3.37. The van der Waals surface area contributed by atoms with Crippen molar-refractivity contribution in [3.8, 4) is 5.75 Å². The summed E-state index contributed by atoms with van der Waals surface area (Å²) in [7, 11) is -3.00. The van der Waals surface area contributed by atoms with Gasteiger partial charge in [-0.05, 0) is 56.7 Å². The third kappa shape index (κ3) is 8.21. The van der Waals surface area contributed by atoms with Crippen LogP contribution in [-0.2, 0) is 26.1 Å². The zero-order valence-electron chi connectivity index (χ0n) is 22.5. The topological polar surface area (TPSA) is 192 Å². The van der Waals surface area contributed by atoms with Crippen molar-refractivity contribution in [1.82, 2.24) is 4.98 Å². The summed E-state index contributed by atoms with van der Waals surface area (Å²) in [6.07, 6.45) is 0.711. The number of methoxy groups -OCH3 is 1. The third-order valence-corrected chi connectivity index (χ3v) is 7.69. The third-order valence-electron chi connectivity index (χ3n) is 4.99. The molecule has 0 aliphatic rings. The summed E-state index contributed by atoms with van der Waals surface area (Å²) in [5, 5.41) is 8.77. The molecule has 0 atom stereocenters. The highest BCUT2D eigenvalue weighted by atomic mass is 32.2. The smallest absolute Gasteiger partial charge is 0.360 e. The van der Waals surface area contributed by atoms with Crippen LogP contribution in [0.4, 0.5) is 15.1 Å². The van der Waals surface area contributed by atoms with Crippen LogP contribution in [0.2, 0.25) is 0 Å². The van der Waals surface area contributed by atoms with Crippen molar-refractivity contribution in [2.45, 2.75) is 37.8 Å². The molecule has 13 nitrogen and oxygen atoms in total. The maximum atomic E-state index is 15.0. The van der Waals surface area contributed by atoms with E-state index in [2.05, 4.69) is 20.5 Å². The highest BCUT2D eigenvalue weighted by molar-refractivity contribution is 7.93. The number of hydrogen-bond donors (Lipinski definition) is 3. The molecular weight excluding hydrogens is 577 g/mol. The minimum absolute atomic E-state index is 0.0243. The number of hydrogen-bond acceptors (Lipinski definition) is 10. The van der Waals surface area contributed by atoms with Gasteiger partial charge in [0.05, 0.1) is 29.7 Å². The molecule has 0 radical (unpaired) electrons. The Hall–Kier alpha value is -4.57. The standard InChI is InChI=1S/C25H28FN7O6S2/c1-25(2,3)39-23(35)21-22(40-14-29-21)33(13-15-5-7-16(38-4)8-6-15)41(36,37)17-9-10-19(18(26)11-17)31-20(34)12-30-32-24(27)28/h5-12,14H,13H2,1-4H3,(H,31,34)(H4,27,28,32)/b30-12+. The van der Waals surface area contributed by atoms with Crippen molar-refractivity contribution in [1.29, 1.82) is 0 Å². The number of carbonyl (C=O) groups is 2. The Kier molecular flexibility index (Phi) is 9.62. The molecule has 0 fully saturated rings. The van der Waals surface area contributed by atoms with Crippen LogP contribution in [0.25, 0.3) is 0 Å². The van der Waals surface area contributed by atoms with Gasteiger partial charge in [-0.1, -0.05) is 12.1 Å². The van der Waals surface area contributed by atoms with Gasteiger partial charge in [0.1, 0.15) is 28.4 Å². The van der Waals surface area contributed by atoms with Gasteiger partial charge >= 0.3 is 5.97 Å². The number of nitrogens with two attached hydrogens (primary N) is 2. The number of anilines is 2.